The van der Waals surface area contributed by atoms with Crippen molar-refractivity contribution in [3.05, 3.63) is 48.8 Å². The maximum atomic E-state index is 12.8. The van der Waals surface area contributed by atoms with Gasteiger partial charge in [-0.1, -0.05) is 26.0 Å². The second-order valence-corrected chi connectivity index (χ2v) is 6.23. The molecule has 0 aliphatic carbocycles. The summed E-state index contributed by atoms with van der Waals surface area (Å²) in [7, 11) is 3.11. The fourth-order valence-corrected chi connectivity index (χ4v) is 2.60. The number of ether oxygens (including phenoxy) is 3. The van der Waals surface area contributed by atoms with Gasteiger partial charge in [-0.05, 0) is 30.7 Å². The Morgan fingerprint density at radius 2 is 1.93 bits per heavy atom. The van der Waals surface area contributed by atoms with Crippen LogP contribution in [0.1, 0.15) is 30.3 Å². The molecule has 8 heteroatoms. The highest BCUT2D eigenvalue weighted by atomic mass is 16.5. The zero-order valence-corrected chi connectivity index (χ0v) is 17.0. The first-order valence-electron chi connectivity index (χ1n) is 9.32. The second-order valence-electron chi connectivity index (χ2n) is 6.23. The number of nitrogens with one attached hydrogen (secondary N) is 2. The number of aromatic nitrogens is 1. The van der Waals surface area contributed by atoms with Gasteiger partial charge in [0.05, 0.1) is 13.7 Å². The Labute approximate surface area is 170 Å². The number of benzene rings is 1. The SMILES string of the molecule is C=CCOC(=O)Nc1cn(C)c(C(=O)Nc2ccc(OCCCC)cc2)c1OC. The number of carbonyl (C=O) groups excluding carboxylic acids is 2. The summed E-state index contributed by atoms with van der Waals surface area (Å²) in [4.78, 5) is 24.6. The van der Waals surface area contributed by atoms with Crippen LogP contribution in [0.5, 0.6) is 11.5 Å². The third kappa shape index (κ3) is 6.03. The number of nitrogens with zero attached hydrogens (tertiary/aromatic N) is 1. The van der Waals surface area contributed by atoms with E-state index in [0.29, 0.717) is 18.0 Å². The first kappa shape index (κ1) is 21.9. The van der Waals surface area contributed by atoms with Gasteiger partial charge >= 0.3 is 6.09 Å². The molecule has 0 bridgehead atoms. The lowest BCUT2D eigenvalue weighted by Gasteiger charge is -2.10. The van der Waals surface area contributed by atoms with E-state index in [9.17, 15) is 9.59 Å². The number of unbranched alkanes of at least 4 members (excludes halogenated alkanes) is 1. The number of rotatable bonds is 10. The monoisotopic (exact) mass is 401 g/mol. The molecular weight excluding hydrogens is 374 g/mol. The minimum atomic E-state index is -0.667. The quantitative estimate of drug-likeness (QED) is 0.460. The molecule has 0 unspecified atom stereocenters. The average Bonchev–Trinajstić information content (AvgIpc) is 3.02. The van der Waals surface area contributed by atoms with Gasteiger partial charge in [0, 0.05) is 18.9 Å². The minimum absolute atomic E-state index is 0.0759. The standard InChI is InChI=1S/C21H27N3O5/c1-5-7-13-28-16-10-8-15(9-11-16)22-20(25)18-19(27-4)17(14-24(18)3)23-21(26)29-12-6-2/h6,8-11,14H,2,5,7,12-13H2,1,3-4H3,(H,22,25)(H,23,26). The number of hydrogen-bond donors (Lipinski definition) is 2. The van der Waals surface area contributed by atoms with Crippen molar-refractivity contribution in [2.24, 2.45) is 7.05 Å². The first-order valence-corrected chi connectivity index (χ1v) is 9.32. The zero-order valence-electron chi connectivity index (χ0n) is 17.0. The molecule has 0 aliphatic heterocycles. The summed E-state index contributed by atoms with van der Waals surface area (Å²) in [5.74, 6) is 0.606. The fraction of sp³-hybridized carbons (Fsp3) is 0.333. The van der Waals surface area contributed by atoms with Gasteiger partial charge in [0.15, 0.2) is 11.4 Å². The molecule has 0 saturated heterocycles. The summed E-state index contributed by atoms with van der Waals surface area (Å²) in [6.45, 7) is 6.32. The van der Waals surface area contributed by atoms with E-state index in [2.05, 4.69) is 24.1 Å². The lowest BCUT2D eigenvalue weighted by Crippen LogP contribution is -2.17. The molecule has 29 heavy (non-hydrogen) atoms. The van der Waals surface area contributed by atoms with E-state index in [1.54, 1.807) is 42.1 Å². The molecule has 156 valence electrons. The van der Waals surface area contributed by atoms with Crippen LogP contribution >= 0.6 is 0 Å². The Balaban J connectivity index is 2.10. The maximum absolute atomic E-state index is 12.8. The molecule has 1 aromatic heterocycles. The van der Waals surface area contributed by atoms with Gasteiger partial charge in [-0.3, -0.25) is 10.1 Å². The molecule has 0 fully saturated rings. The maximum Gasteiger partial charge on any atom is 0.412 e. The lowest BCUT2D eigenvalue weighted by atomic mass is 10.2. The average molecular weight is 401 g/mol. The highest BCUT2D eigenvalue weighted by Crippen LogP contribution is 2.31. The summed E-state index contributed by atoms with van der Waals surface area (Å²) >= 11 is 0. The Morgan fingerprint density at radius 1 is 1.21 bits per heavy atom. The molecule has 1 heterocycles. The van der Waals surface area contributed by atoms with Crippen molar-refractivity contribution >= 4 is 23.4 Å². The van der Waals surface area contributed by atoms with Gasteiger partial charge in [0.25, 0.3) is 5.91 Å². The molecule has 0 radical (unpaired) electrons. The van der Waals surface area contributed by atoms with Crippen molar-refractivity contribution in [3.63, 3.8) is 0 Å². The molecular formula is C21H27N3O5. The molecule has 0 spiro atoms. The van der Waals surface area contributed by atoms with Gasteiger partial charge in [0.2, 0.25) is 0 Å². The van der Waals surface area contributed by atoms with E-state index in [0.717, 1.165) is 18.6 Å². The molecule has 0 atom stereocenters. The Hall–Kier alpha value is -3.42. The van der Waals surface area contributed by atoms with Crippen molar-refractivity contribution in [2.75, 3.05) is 31.0 Å². The summed E-state index contributed by atoms with van der Waals surface area (Å²) in [5.41, 5.74) is 1.20. The van der Waals surface area contributed by atoms with Crippen molar-refractivity contribution in [2.45, 2.75) is 19.8 Å². The Kier molecular flexibility index (Phi) is 8.14. The predicted molar refractivity (Wildman–Crippen MR) is 112 cm³/mol. The van der Waals surface area contributed by atoms with Crippen LogP contribution in [-0.2, 0) is 11.8 Å². The number of hydrogen-bond acceptors (Lipinski definition) is 5. The van der Waals surface area contributed by atoms with E-state index in [4.69, 9.17) is 14.2 Å². The van der Waals surface area contributed by atoms with Crippen LogP contribution in [0.2, 0.25) is 0 Å². The topological polar surface area (TPSA) is 90.8 Å². The normalized spacial score (nSPS) is 10.2. The van der Waals surface area contributed by atoms with Crippen LogP contribution in [0.15, 0.2) is 43.1 Å². The van der Waals surface area contributed by atoms with Gasteiger partial charge < -0.3 is 24.1 Å². The molecule has 0 aliphatic rings. The summed E-state index contributed by atoms with van der Waals surface area (Å²) in [6.07, 6.45) is 4.42. The number of carbonyl (C=O) groups is 2. The molecule has 2 aromatic rings. The summed E-state index contributed by atoms with van der Waals surface area (Å²) in [6, 6.07) is 7.13. The molecule has 2 rings (SSSR count). The van der Waals surface area contributed by atoms with Crippen molar-refractivity contribution in [3.8, 4) is 11.5 Å². The van der Waals surface area contributed by atoms with Crippen LogP contribution in [0.4, 0.5) is 16.2 Å². The van der Waals surface area contributed by atoms with E-state index in [1.165, 1.54) is 13.2 Å². The largest absolute Gasteiger partial charge is 0.494 e. The van der Waals surface area contributed by atoms with Gasteiger partial charge in [-0.2, -0.15) is 0 Å². The molecule has 8 nitrogen and oxygen atoms in total. The number of aryl methyl sites for hydroxylation is 1. The molecule has 0 saturated carbocycles. The first-order chi connectivity index (χ1) is 14.0. The third-order valence-electron chi connectivity index (χ3n) is 4.00. The van der Waals surface area contributed by atoms with Crippen LogP contribution in [0, 0.1) is 0 Å². The van der Waals surface area contributed by atoms with Crippen LogP contribution < -0.4 is 20.1 Å². The van der Waals surface area contributed by atoms with Crippen LogP contribution in [0.25, 0.3) is 0 Å². The third-order valence-corrected chi connectivity index (χ3v) is 4.00. The highest BCUT2D eigenvalue weighted by molar-refractivity contribution is 6.07. The zero-order chi connectivity index (χ0) is 21.2. The van der Waals surface area contributed by atoms with E-state index < -0.39 is 6.09 Å². The van der Waals surface area contributed by atoms with Gasteiger partial charge in [0.1, 0.15) is 18.0 Å². The molecule has 1 aromatic carbocycles. The molecule has 2 amide bonds. The summed E-state index contributed by atoms with van der Waals surface area (Å²) < 4.78 is 17.4. The van der Waals surface area contributed by atoms with E-state index in [1.807, 2.05) is 0 Å². The fourth-order valence-electron chi connectivity index (χ4n) is 2.60. The lowest BCUT2D eigenvalue weighted by molar-refractivity contribution is 0.101. The van der Waals surface area contributed by atoms with Crippen LogP contribution in [-0.4, -0.2) is 36.9 Å². The number of amides is 2. The summed E-state index contributed by atoms with van der Waals surface area (Å²) in [5, 5.41) is 5.37. The Morgan fingerprint density at radius 3 is 2.55 bits per heavy atom. The van der Waals surface area contributed by atoms with Gasteiger partial charge in [-0.25, -0.2) is 4.79 Å². The number of methoxy groups -OCH3 is 1. The smallest absolute Gasteiger partial charge is 0.412 e. The van der Waals surface area contributed by atoms with Gasteiger partial charge in [-0.15, -0.1) is 0 Å². The number of anilines is 2. The minimum Gasteiger partial charge on any atom is -0.494 e. The highest BCUT2D eigenvalue weighted by Gasteiger charge is 2.23. The van der Waals surface area contributed by atoms with Crippen molar-refractivity contribution in [1.82, 2.24) is 4.57 Å². The van der Waals surface area contributed by atoms with E-state index >= 15 is 0 Å². The predicted octanol–water partition coefficient (Wildman–Crippen LogP) is 4.20. The Bertz CT molecular complexity index is 843. The van der Waals surface area contributed by atoms with E-state index in [-0.39, 0.29) is 24.0 Å². The second kappa shape index (κ2) is 10.8. The van der Waals surface area contributed by atoms with Crippen molar-refractivity contribution < 1.29 is 23.8 Å². The van der Waals surface area contributed by atoms with Crippen LogP contribution in [0.3, 0.4) is 0 Å². The van der Waals surface area contributed by atoms with Crippen molar-refractivity contribution in [1.29, 1.82) is 0 Å². The molecule has 2 N–H and O–H groups in total.